The smallest absolute Gasteiger partial charge is 0.418 e. The first kappa shape index (κ1) is 30.8. The largest absolute Gasteiger partial charge is 0.490 e. The predicted octanol–water partition coefficient (Wildman–Crippen LogP) is 6.77. The van der Waals surface area contributed by atoms with Gasteiger partial charge < -0.3 is 19.5 Å². The number of carbonyl (C=O) groups is 2. The van der Waals surface area contributed by atoms with Crippen LogP contribution in [0.25, 0.3) is 6.08 Å². The van der Waals surface area contributed by atoms with Crippen LogP contribution in [-0.4, -0.2) is 54.3 Å². The number of nitrogens with zero attached hydrogens (tertiary/aromatic N) is 1. The van der Waals surface area contributed by atoms with E-state index in [1.807, 2.05) is 0 Å². The van der Waals surface area contributed by atoms with E-state index >= 15 is 0 Å². The summed E-state index contributed by atoms with van der Waals surface area (Å²) in [5, 5.41) is 9.15. The van der Waals surface area contributed by atoms with Crippen molar-refractivity contribution in [3.8, 4) is 5.75 Å². The highest BCUT2D eigenvalue weighted by molar-refractivity contribution is 7.99. The monoisotopic (exact) mass is 603 g/mol. The molecule has 4 rings (SSSR count). The fourth-order valence-electron chi connectivity index (χ4n) is 4.82. The second-order valence-corrected chi connectivity index (χ2v) is 10.8. The number of halogens is 6. The Hall–Kier alpha value is -3.19. The molecule has 1 aliphatic carbocycles. The molecule has 1 saturated carbocycles. The lowest BCUT2D eigenvalue weighted by Gasteiger charge is -2.27. The van der Waals surface area contributed by atoms with Crippen LogP contribution in [0.15, 0.2) is 52.3 Å². The van der Waals surface area contributed by atoms with Gasteiger partial charge in [-0.15, -0.1) is 0 Å². The first-order valence-corrected chi connectivity index (χ1v) is 13.7. The number of alkyl halides is 6. The molecule has 0 unspecified atom stereocenters. The summed E-state index contributed by atoms with van der Waals surface area (Å²) in [7, 11) is 0. The predicted molar refractivity (Wildman–Crippen MR) is 137 cm³/mol. The van der Waals surface area contributed by atoms with Crippen molar-refractivity contribution in [1.82, 2.24) is 4.90 Å². The van der Waals surface area contributed by atoms with Gasteiger partial charge in [0.1, 0.15) is 5.75 Å². The SMILES string of the molecule is O=C(/C=C/c1ccc(Sc2cccc(O[C@H]3CC[C@H](C(=O)O)CC3)c2)c(C(F)(F)F)c1C(F)(F)F)N1CCOCC1. The third-order valence-corrected chi connectivity index (χ3v) is 7.90. The maximum absolute atomic E-state index is 14.2. The number of carbonyl (C=O) groups excluding carboxylic acids is 1. The lowest BCUT2D eigenvalue weighted by atomic mass is 9.87. The second-order valence-electron chi connectivity index (χ2n) is 9.68. The zero-order valence-corrected chi connectivity index (χ0v) is 22.5. The summed E-state index contributed by atoms with van der Waals surface area (Å²) in [6.45, 7) is 0.974. The van der Waals surface area contributed by atoms with E-state index in [9.17, 15) is 35.9 Å². The zero-order chi connectivity index (χ0) is 29.8. The van der Waals surface area contributed by atoms with Gasteiger partial charge in [0.2, 0.25) is 5.91 Å². The van der Waals surface area contributed by atoms with E-state index in [2.05, 4.69) is 0 Å². The Bertz CT molecular complexity index is 1280. The molecule has 41 heavy (non-hydrogen) atoms. The molecule has 0 spiro atoms. The Morgan fingerprint density at radius 3 is 2.22 bits per heavy atom. The van der Waals surface area contributed by atoms with Crippen molar-refractivity contribution in [2.45, 2.75) is 53.9 Å². The number of amides is 1. The van der Waals surface area contributed by atoms with Gasteiger partial charge in [0, 0.05) is 29.0 Å². The van der Waals surface area contributed by atoms with Crippen molar-refractivity contribution in [2.24, 2.45) is 5.92 Å². The van der Waals surface area contributed by atoms with Gasteiger partial charge in [-0.25, -0.2) is 0 Å². The van der Waals surface area contributed by atoms with Crippen LogP contribution in [0.3, 0.4) is 0 Å². The number of rotatable bonds is 7. The minimum absolute atomic E-state index is 0.227. The number of hydrogen-bond donors (Lipinski definition) is 1. The normalized spacial score (nSPS) is 20.3. The van der Waals surface area contributed by atoms with Crippen molar-refractivity contribution >= 4 is 29.7 Å². The fourth-order valence-corrected chi connectivity index (χ4v) is 5.85. The molecule has 0 radical (unpaired) electrons. The van der Waals surface area contributed by atoms with Crippen LogP contribution in [0.5, 0.6) is 5.75 Å². The summed E-state index contributed by atoms with van der Waals surface area (Å²) < 4.78 is 96.0. The first-order valence-electron chi connectivity index (χ1n) is 12.9. The topological polar surface area (TPSA) is 76.1 Å². The van der Waals surface area contributed by atoms with Crippen LogP contribution in [-0.2, 0) is 26.7 Å². The summed E-state index contributed by atoms with van der Waals surface area (Å²) in [5.41, 5.74) is -4.48. The highest BCUT2D eigenvalue weighted by Crippen LogP contribution is 2.48. The van der Waals surface area contributed by atoms with Gasteiger partial charge in [-0.05, 0) is 61.6 Å². The molecule has 1 N–H and O–H groups in total. The van der Waals surface area contributed by atoms with Crippen molar-refractivity contribution in [3.05, 3.63) is 59.2 Å². The van der Waals surface area contributed by atoms with Crippen LogP contribution < -0.4 is 4.74 Å². The summed E-state index contributed by atoms with van der Waals surface area (Å²) in [6, 6.07) is 7.88. The Balaban J connectivity index is 1.60. The van der Waals surface area contributed by atoms with Crippen molar-refractivity contribution < 1.29 is 50.5 Å². The van der Waals surface area contributed by atoms with E-state index < -0.39 is 51.7 Å². The minimum Gasteiger partial charge on any atom is -0.490 e. The molecule has 0 aromatic heterocycles. The number of benzene rings is 2. The van der Waals surface area contributed by atoms with Crippen LogP contribution in [0.1, 0.15) is 42.4 Å². The van der Waals surface area contributed by atoms with Crippen LogP contribution in [0.4, 0.5) is 26.3 Å². The van der Waals surface area contributed by atoms with Crippen molar-refractivity contribution in [3.63, 3.8) is 0 Å². The maximum atomic E-state index is 14.2. The van der Waals surface area contributed by atoms with Gasteiger partial charge in [0.15, 0.2) is 0 Å². The average Bonchev–Trinajstić information content (AvgIpc) is 2.91. The molecule has 1 amide bonds. The number of ether oxygens (including phenoxy) is 2. The number of morpholine rings is 1. The van der Waals surface area contributed by atoms with E-state index in [0.717, 1.165) is 24.3 Å². The summed E-state index contributed by atoms with van der Waals surface area (Å²) >= 11 is 0.517. The molecule has 2 aromatic rings. The van der Waals surface area contributed by atoms with Gasteiger partial charge in [0.05, 0.1) is 36.4 Å². The standard InChI is InChI=1S/C28H27F6NO5S/c29-27(30,31)24-17(7-11-23(36)35-12-14-39-15-13-35)6-10-22(25(24)28(32,33)34)41-21-3-1-2-20(16-21)40-19-8-4-18(5-9-19)26(37)38/h1-3,6-7,10-11,16,18-19H,4-5,8-9,12-15H2,(H,37,38)/b11-7+/t18-,19-. The molecule has 1 heterocycles. The van der Waals surface area contributed by atoms with E-state index in [1.54, 1.807) is 6.07 Å². The quantitative estimate of drug-likeness (QED) is 0.278. The zero-order valence-electron chi connectivity index (χ0n) is 21.6. The Morgan fingerprint density at radius 2 is 1.61 bits per heavy atom. The molecule has 0 atom stereocenters. The summed E-state index contributed by atoms with van der Waals surface area (Å²) in [6.07, 6.45) is -7.53. The molecule has 2 aliphatic rings. The van der Waals surface area contributed by atoms with E-state index in [4.69, 9.17) is 14.6 Å². The van der Waals surface area contributed by atoms with E-state index in [1.165, 1.54) is 23.1 Å². The number of carboxylic acid groups (broad SMARTS) is 1. The third-order valence-electron chi connectivity index (χ3n) is 6.85. The fraction of sp³-hybridized carbons (Fsp3) is 0.429. The maximum Gasteiger partial charge on any atom is 0.418 e. The lowest BCUT2D eigenvalue weighted by molar-refractivity contribution is -0.163. The second kappa shape index (κ2) is 12.8. The van der Waals surface area contributed by atoms with E-state index in [-0.39, 0.29) is 37.3 Å². The van der Waals surface area contributed by atoms with Crippen LogP contribution in [0.2, 0.25) is 0 Å². The van der Waals surface area contributed by atoms with Gasteiger partial charge in [-0.2, -0.15) is 26.3 Å². The van der Waals surface area contributed by atoms with Gasteiger partial charge in [0.25, 0.3) is 0 Å². The number of aliphatic carboxylic acids is 1. The summed E-state index contributed by atoms with van der Waals surface area (Å²) in [4.78, 5) is 24.5. The minimum atomic E-state index is -5.36. The first-order chi connectivity index (χ1) is 19.3. The molecule has 1 saturated heterocycles. The van der Waals surface area contributed by atoms with Crippen LogP contribution >= 0.6 is 11.8 Å². The number of hydrogen-bond acceptors (Lipinski definition) is 5. The Kier molecular flexibility index (Phi) is 9.58. The molecular formula is C28H27F6NO5S. The number of carboxylic acids is 1. The summed E-state index contributed by atoms with van der Waals surface area (Å²) in [5.74, 6) is -1.62. The Labute approximate surface area is 236 Å². The molecule has 2 fully saturated rings. The molecule has 222 valence electrons. The molecule has 2 aromatic carbocycles. The van der Waals surface area contributed by atoms with Gasteiger partial charge >= 0.3 is 18.3 Å². The molecule has 6 nitrogen and oxygen atoms in total. The molecular weight excluding hydrogens is 576 g/mol. The molecule has 0 bridgehead atoms. The molecule has 1 aliphatic heterocycles. The van der Waals surface area contributed by atoms with Crippen molar-refractivity contribution in [1.29, 1.82) is 0 Å². The third kappa shape index (κ3) is 7.97. The van der Waals surface area contributed by atoms with E-state index in [0.29, 0.717) is 43.2 Å². The van der Waals surface area contributed by atoms with Crippen molar-refractivity contribution in [2.75, 3.05) is 26.3 Å². The van der Waals surface area contributed by atoms with Crippen LogP contribution in [0, 0.1) is 5.92 Å². The highest BCUT2D eigenvalue weighted by atomic mass is 32.2. The Morgan fingerprint density at radius 1 is 0.951 bits per heavy atom. The van der Waals surface area contributed by atoms with Gasteiger partial charge in [-0.1, -0.05) is 23.9 Å². The average molecular weight is 604 g/mol. The lowest BCUT2D eigenvalue weighted by Crippen LogP contribution is -2.39. The van der Waals surface area contributed by atoms with Gasteiger partial charge in [-0.3, -0.25) is 9.59 Å². The molecule has 13 heteroatoms. The highest BCUT2D eigenvalue weighted by Gasteiger charge is 2.46.